The van der Waals surface area contributed by atoms with Crippen molar-refractivity contribution in [3.63, 3.8) is 0 Å². The molecule has 1 aliphatic heterocycles. The molecule has 2 unspecified atom stereocenters. The van der Waals surface area contributed by atoms with Gasteiger partial charge in [-0.2, -0.15) is 4.98 Å². The fourth-order valence-corrected chi connectivity index (χ4v) is 2.45. The molecule has 1 saturated heterocycles. The zero-order chi connectivity index (χ0) is 15.8. The second-order valence-electron chi connectivity index (χ2n) is 4.84. The molecule has 9 heteroatoms. The van der Waals surface area contributed by atoms with Crippen molar-refractivity contribution in [1.29, 1.82) is 0 Å². The van der Waals surface area contributed by atoms with E-state index in [9.17, 15) is 24.9 Å². The highest BCUT2D eigenvalue weighted by atomic mass is 16.6. The van der Waals surface area contributed by atoms with E-state index in [0.717, 1.165) is 10.9 Å². The first kappa shape index (κ1) is 15.4. The van der Waals surface area contributed by atoms with E-state index in [4.69, 9.17) is 11.2 Å². The molecule has 4 N–H and O–H groups in total. The Hall–Kier alpha value is -1.99. The van der Waals surface area contributed by atoms with E-state index in [1.165, 1.54) is 6.92 Å². The quantitative estimate of drug-likeness (QED) is 0.442. The lowest BCUT2D eigenvalue weighted by atomic mass is 9.84. The van der Waals surface area contributed by atoms with Gasteiger partial charge in [0.05, 0.1) is 24.7 Å². The molecule has 1 aliphatic rings. The van der Waals surface area contributed by atoms with Crippen LogP contribution in [0.1, 0.15) is 13.2 Å². The number of terminal acetylenes is 1. The third-order valence-electron chi connectivity index (χ3n) is 3.53. The predicted octanol–water partition coefficient (Wildman–Crippen LogP) is -2.82. The standard InChI is InChI=1S/C12H15N3O6/c1-3-12(20)7(4-16)8(6(2)17)21-9(12)15-5-13-10(18)14-11(15)19/h1,5-9,16-17,20H,4H2,2H3,(H,14,18,19)/t6-,7?,8-,9-,12?/m1/s1. The number of nitrogens with zero attached hydrogens (tertiary/aromatic N) is 2. The Balaban J connectivity index is 2.55. The Morgan fingerprint density at radius 3 is 2.81 bits per heavy atom. The molecule has 1 aromatic rings. The highest BCUT2D eigenvalue weighted by Gasteiger charge is 2.57. The molecule has 1 aromatic heterocycles. The normalized spacial score (nSPS) is 33.6. The van der Waals surface area contributed by atoms with Crippen LogP contribution in [-0.4, -0.2) is 54.3 Å². The molecule has 21 heavy (non-hydrogen) atoms. The van der Waals surface area contributed by atoms with Crippen molar-refractivity contribution >= 4 is 0 Å². The van der Waals surface area contributed by atoms with E-state index in [2.05, 4.69) is 10.9 Å². The van der Waals surface area contributed by atoms with Crippen LogP contribution in [0.4, 0.5) is 0 Å². The predicted molar refractivity (Wildman–Crippen MR) is 69.1 cm³/mol. The van der Waals surface area contributed by atoms with Gasteiger partial charge in [0.15, 0.2) is 11.8 Å². The molecule has 0 radical (unpaired) electrons. The van der Waals surface area contributed by atoms with E-state index in [0.29, 0.717) is 0 Å². The third kappa shape index (κ3) is 2.38. The Morgan fingerprint density at radius 2 is 2.33 bits per heavy atom. The van der Waals surface area contributed by atoms with Gasteiger partial charge >= 0.3 is 11.4 Å². The number of aromatic nitrogens is 3. The first-order valence-electron chi connectivity index (χ1n) is 6.17. The topological polar surface area (TPSA) is 138 Å². The van der Waals surface area contributed by atoms with Gasteiger partial charge in [0.2, 0.25) is 0 Å². The van der Waals surface area contributed by atoms with Crippen LogP contribution >= 0.6 is 0 Å². The van der Waals surface area contributed by atoms with Crippen molar-refractivity contribution in [2.45, 2.75) is 31.0 Å². The second-order valence-corrected chi connectivity index (χ2v) is 4.84. The van der Waals surface area contributed by atoms with E-state index in [-0.39, 0.29) is 0 Å². The molecule has 114 valence electrons. The highest BCUT2D eigenvalue weighted by Crippen LogP contribution is 2.42. The van der Waals surface area contributed by atoms with Crippen LogP contribution < -0.4 is 11.4 Å². The summed E-state index contributed by atoms with van der Waals surface area (Å²) in [4.78, 5) is 28.0. The van der Waals surface area contributed by atoms with Gasteiger partial charge in [0.1, 0.15) is 6.33 Å². The molecule has 2 heterocycles. The number of aliphatic hydroxyl groups excluding tert-OH is 2. The van der Waals surface area contributed by atoms with Crippen molar-refractivity contribution in [3.8, 4) is 12.3 Å². The SMILES string of the molecule is C#CC1(O)C(CO)[C@@H]([C@@H](C)O)O[C@H]1n1cnc(=O)[nH]c1=O. The summed E-state index contributed by atoms with van der Waals surface area (Å²) in [5, 5.41) is 29.7. The van der Waals surface area contributed by atoms with Crippen LogP contribution in [0.25, 0.3) is 0 Å². The molecule has 0 saturated carbocycles. The molecule has 0 amide bonds. The highest BCUT2D eigenvalue weighted by molar-refractivity contribution is 5.18. The molecule has 0 bridgehead atoms. The van der Waals surface area contributed by atoms with Gasteiger partial charge < -0.3 is 20.1 Å². The number of aromatic amines is 1. The number of hydrogen-bond donors (Lipinski definition) is 4. The van der Waals surface area contributed by atoms with Crippen molar-refractivity contribution in [1.82, 2.24) is 14.5 Å². The summed E-state index contributed by atoms with van der Waals surface area (Å²) in [6, 6.07) is 0. The van der Waals surface area contributed by atoms with Crippen molar-refractivity contribution < 1.29 is 20.1 Å². The van der Waals surface area contributed by atoms with Gasteiger partial charge in [-0.3, -0.25) is 9.55 Å². The second kappa shape index (κ2) is 5.42. The van der Waals surface area contributed by atoms with Gasteiger partial charge in [-0.1, -0.05) is 5.92 Å². The number of rotatable bonds is 3. The van der Waals surface area contributed by atoms with Crippen LogP contribution in [0.15, 0.2) is 15.9 Å². The monoisotopic (exact) mass is 297 g/mol. The summed E-state index contributed by atoms with van der Waals surface area (Å²) in [5.41, 5.74) is -3.78. The summed E-state index contributed by atoms with van der Waals surface area (Å²) in [5.74, 6) is 1.09. The Labute approximate surface area is 118 Å². The van der Waals surface area contributed by atoms with Gasteiger partial charge in [-0.05, 0) is 6.92 Å². The number of hydrogen-bond acceptors (Lipinski definition) is 7. The average molecular weight is 297 g/mol. The molecule has 0 spiro atoms. The smallest absolute Gasteiger partial charge is 0.350 e. The zero-order valence-corrected chi connectivity index (χ0v) is 11.1. The minimum Gasteiger partial charge on any atom is -0.396 e. The van der Waals surface area contributed by atoms with Gasteiger partial charge in [-0.15, -0.1) is 6.42 Å². The Bertz CT molecular complexity index is 675. The Kier molecular flexibility index (Phi) is 3.97. The summed E-state index contributed by atoms with van der Waals surface area (Å²) < 4.78 is 6.25. The van der Waals surface area contributed by atoms with E-state index in [1.807, 2.05) is 4.98 Å². The van der Waals surface area contributed by atoms with E-state index >= 15 is 0 Å². The fraction of sp³-hybridized carbons (Fsp3) is 0.583. The molecule has 9 nitrogen and oxygen atoms in total. The zero-order valence-electron chi connectivity index (χ0n) is 11.1. The van der Waals surface area contributed by atoms with Crippen LogP contribution in [0.5, 0.6) is 0 Å². The fourth-order valence-electron chi connectivity index (χ4n) is 2.45. The van der Waals surface area contributed by atoms with Gasteiger partial charge in [0.25, 0.3) is 0 Å². The minimum absolute atomic E-state index is 0.557. The van der Waals surface area contributed by atoms with Crippen molar-refractivity contribution in [2.75, 3.05) is 6.61 Å². The van der Waals surface area contributed by atoms with Crippen LogP contribution in [0, 0.1) is 18.3 Å². The average Bonchev–Trinajstić information content (AvgIpc) is 2.72. The van der Waals surface area contributed by atoms with E-state index < -0.39 is 47.9 Å². The maximum absolute atomic E-state index is 11.8. The van der Waals surface area contributed by atoms with E-state index in [1.54, 1.807) is 0 Å². The first-order chi connectivity index (χ1) is 9.85. The molecule has 5 atom stereocenters. The number of nitrogens with one attached hydrogen (secondary N) is 1. The summed E-state index contributed by atoms with van der Waals surface area (Å²) >= 11 is 0. The molecule has 1 fully saturated rings. The lowest BCUT2D eigenvalue weighted by Crippen LogP contribution is -2.47. The molecule has 0 aromatic carbocycles. The van der Waals surface area contributed by atoms with Gasteiger partial charge in [-0.25, -0.2) is 9.59 Å². The summed E-state index contributed by atoms with van der Waals surface area (Å²) in [6.07, 6.45) is 2.78. The lowest BCUT2D eigenvalue weighted by molar-refractivity contribution is -0.0888. The largest absolute Gasteiger partial charge is 0.396 e. The minimum atomic E-state index is -2.04. The summed E-state index contributed by atoms with van der Waals surface area (Å²) in [6.45, 7) is 0.846. The number of aliphatic hydroxyl groups is 3. The van der Waals surface area contributed by atoms with Crippen molar-refractivity contribution in [3.05, 3.63) is 27.3 Å². The maximum Gasteiger partial charge on any atom is 0.350 e. The van der Waals surface area contributed by atoms with Crippen LogP contribution in [0.2, 0.25) is 0 Å². The lowest BCUT2D eigenvalue weighted by Gasteiger charge is -2.28. The Morgan fingerprint density at radius 1 is 1.67 bits per heavy atom. The number of ether oxygens (including phenoxy) is 1. The molecular weight excluding hydrogens is 282 g/mol. The molecular formula is C12H15N3O6. The molecule has 0 aliphatic carbocycles. The number of H-pyrrole nitrogens is 1. The first-order valence-corrected chi connectivity index (χ1v) is 6.17. The molecule has 2 rings (SSSR count). The third-order valence-corrected chi connectivity index (χ3v) is 3.53. The van der Waals surface area contributed by atoms with Crippen LogP contribution in [0.3, 0.4) is 0 Å². The van der Waals surface area contributed by atoms with Crippen LogP contribution in [-0.2, 0) is 4.74 Å². The van der Waals surface area contributed by atoms with Crippen molar-refractivity contribution in [2.24, 2.45) is 5.92 Å². The maximum atomic E-state index is 11.8. The summed E-state index contributed by atoms with van der Waals surface area (Å²) in [7, 11) is 0. The van der Waals surface area contributed by atoms with Gasteiger partial charge in [0, 0.05) is 0 Å².